The van der Waals surface area contributed by atoms with Crippen molar-refractivity contribution in [2.75, 3.05) is 0 Å². The standard InChI is InChI=1S/C9H10BrN5O2S/c10-7-5(2-1-3-6(7)15(16)17)4-18-9(13)14-8(11)12/h1-3H,4H2,(H5,11,12,13,14). The first-order valence-electron chi connectivity index (χ1n) is 4.64. The summed E-state index contributed by atoms with van der Waals surface area (Å²) >= 11 is 4.25. The number of nitrogens with one attached hydrogen (secondary N) is 1. The van der Waals surface area contributed by atoms with Gasteiger partial charge in [0.25, 0.3) is 5.69 Å². The number of nitro groups is 1. The van der Waals surface area contributed by atoms with Crippen molar-refractivity contribution in [3.05, 3.63) is 38.3 Å². The molecular formula is C9H10BrN5O2S. The van der Waals surface area contributed by atoms with Gasteiger partial charge in [0.2, 0.25) is 0 Å². The van der Waals surface area contributed by atoms with Crippen LogP contribution in [0.2, 0.25) is 0 Å². The van der Waals surface area contributed by atoms with E-state index in [0.717, 1.165) is 11.8 Å². The smallest absolute Gasteiger partial charge is 0.283 e. The van der Waals surface area contributed by atoms with E-state index in [-0.39, 0.29) is 16.8 Å². The van der Waals surface area contributed by atoms with Gasteiger partial charge in [0.1, 0.15) is 0 Å². The number of amidine groups is 1. The molecule has 0 saturated heterocycles. The first-order chi connectivity index (χ1) is 8.41. The second-order valence-corrected chi connectivity index (χ2v) is 4.89. The van der Waals surface area contributed by atoms with Gasteiger partial charge in [-0.05, 0) is 21.5 Å². The highest BCUT2D eigenvalue weighted by Gasteiger charge is 2.14. The maximum atomic E-state index is 10.7. The predicted molar refractivity (Wildman–Crippen MR) is 75.6 cm³/mol. The monoisotopic (exact) mass is 331 g/mol. The van der Waals surface area contributed by atoms with Crippen molar-refractivity contribution in [2.45, 2.75) is 5.75 Å². The Bertz CT molecular complexity index is 516. The molecule has 0 bridgehead atoms. The number of nitrogens with two attached hydrogens (primary N) is 2. The molecule has 1 aromatic rings. The molecule has 0 amide bonds. The average molecular weight is 332 g/mol. The molecule has 0 spiro atoms. The van der Waals surface area contributed by atoms with E-state index < -0.39 is 4.92 Å². The topological polar surface area (TPSA) is 131 Å². The lowest BCUT2D eigenvalue weighted by atomic mass is 10.2. The molecule has 0 aliphatic carbocycles. The zero-order valence-corrected chi connectivity index (χ0v) is 11.5. The Morgan fingerprint density at radius 3 is 2.78 bits per heavy atom. The minimum atomic E-state index is -0.473. The van der Waals surface area contributed by atoms with E-state index in [9.17, 15) is 10.1 Å². The van der Waals surface area contributed by atoms with Crippen LogP contribution in [0.5, 0.6) is 0 Å². The quantitative estimate of drug-likeness (QED) is 0.336. The second kappa shape index (κ2) is 6.36. The van der Waals surface area contributed by atoms with E-state index >= 15 is 0 Å². The van der Waals surface area contributed by atoms with Crippen molar-refractivity contribution in [2.24, 2.45) is 16.5 Å². The number of nitro benzene ring substituents is 1. The molecule has 0 aliphatic rings. The van der Waals surface area contributed by atoms with Crippen LogP contribution in [0.3, 0.4) is 0 Å². The van der Waals surface area contributed by atoms with Crippen molar-refractivity contribution in [3.63, 3.8) is 0 Å². The largest absolute Gasteiger partial charge is 0.370 e. The van der Waals surface area contributed by atoms with Crippen LogP contribution in [0.1, 0.15) is 5.56 Å². The number of nitrogens with zero attached hydrogens (tertiary/aromatic N) is 2. The highest BCUT2D eigenvalue weighted by Crippen LogP contribution is 2.30. The van der Waals surface area contributed by atoms with E-state index in [1.807, 2.05) is 0 Å². The van der Waals surface area contributed by atoms with Gasteiger partial charge in [-0.1, -0.05) is 23.9 Å². The SMILES string of the molecule is N=C(N=C(N)N)SCc1cccc([N+](=O)[O-])c1Br. The van der Waals surface area contributed by atoms with E-state index in [1.54, 1.807) is 12.1 Å². The summed E-state index contributed by atoms with van der Waals surface area (Å²) in [6.45, 7) is 0. The fourth-order valence-electron chi connectivity index (χ4n) is 1.11. The summed E-state index contributed by atoms with van der Waals surface area (Å²) in [6.07, 6.45) is 0. The van der Waals surface area contributed by atoms with Gasteiger partial charge in [0, 0.05) is 11.8 Å². The molecule has 0 fully saturated rings. The molecule has 7 nitrogen and oxygen atoms in total. The minimum absolute atomic E-state index is 0.0125. The maximum absolute atomic E-state index is 10.7. The maximum Gasteiger partial charge on any atom is 0.283 e. The van der Waals surface area contributed by atoms with Crippen LogP contribution in [0.25, 0.3) is 0 Å². The highest BCUT2D eigenvalue weighted by atomic mass is 79.9. The van der Waals surface area contributed by atoms with Crippen LogP contribution < -0.4 is 11.5 Å². The zero-order valence-electron chi connectivity index (χ0n) is 9.09. The molecule has 0 saturated carbocycles. The lowest BCUT2D eigenvalue weighted by Crippen LogP contribution is -2.23. The molecule has 9 heteroatoms. The normalized spacial score (nSPS) is 9.83. The Morgan fingerprint density at radius 2 is 2.22 bits per heavy atom. The molecule has 0 aliphatic heterocycles. The Labute approximate surface area is 115 Å². The molecule has 5 N–H and O–H groups in total. The molecule has 96 valence electrons. The third-order valence-corrected chi connectivity index (χ3v) is 3.59. The van der Waals surface area contributed by atoms with E-state index in [2.05, 4.69) is 20.9 Å². The lowest BCUT2D eigenvalue weighted by Gasteiger charge is -2.04. The van der Waals surface area contributed by atoms with Gasteiger partial charge < -0.3 is 11.5 Å². The average Bonchev–Trinajstić information content (AvgIpc) is 2.26. The molecule has 0 heterocycles. The molecule has 0 atom stereocenters. The summed E-state index contributed by atoms with van der Waals surface area (Å²) in [5.41, 5.74) is 10.9. The molecule has 18 heavy (non-hydrogen) atoms. The van der Waals surface area contributed by atoms with E-state index in [1.165, 1.54) is 6.07 Å². The number of hydrogen-bond acceptors (Lipinski definition) is 4. The van der Waals surface area contributed by atoms with Crippen molar-refractivity contribution >= 4 is 44.5 Å². The Balaban J connectivity index is 2.80. The number of guanidine groups is 1. The fraction of sp³-hybridized carbons (Fsp3) is 0.111. The fourth-order valence-corrected chi connectivity index (χ4v) is 2.55. The number of halogens is 1. The summed E-state index contributed by atoms with van der Waals surface area (Å²) in [4.78, 5) is 13.8. The number of thioether (sulfide) groups is 1. The molecule has 0 unspecified atom stereocenters. The molecule has 0 radical (unpaired) electrons. The Morgan fingerprint density at radius 1 is 1.56 bits per heavy atom. The lowest BCUT2D eigenvalue weighted by molar-refractivity contribution is -0.385. The summed E-state index contributed by atoms with van der Waals surface area (Å²) in [7, 11) is 0. The molecular weight excluding hydrogens is 322 g/mol. The number of rotatable bonds is 3. The van der Waals surface area contributed by atoms with Gasteiger partial charge in [-0.25, -0.2) is 0 Å². The summed E-state index contributed by atoms with van der Waals surface area (Å²) in [6, 6.07) is 4.72. The number of hydrogen-bond donors (Lipinski definition) is 3. The van der Waals surface area contributed by atoms with Gasteiger partial charge in [-0.2, -0.15) is 4.99 Å². The van der Waals surface area contributed by atoms with Crippen molar-refractivity contribution in [1.29, 1.82) is 5.41 Å². The van der Waals surface area contributed by atoms with Crippen LogP contribution in [-0.4, -0.2) is 16.1 Å². The minimum Gasteiger partial charge on any atom is -0.370 e. The van der Waals surface area contributed by atoms with Crippen molar-refractivity contribution in [3.8, 4) is 0 Å². The predicted octanol–water partition coefficient (Wildman–Crippen LogP) is 1.80. The van der Waals surface area contributed by atoms with Crippen LogP contribution in [0.15, 0.2) is 27.7 Å². The van der Waals surface area contributed by atoms with Gasteiger partial charge in [0.15, 0.2) is 11.1 Å². The summed E-state index contributed by atoms with van der Waals surface area (Å²) in [5, 5.41) is 18.1. The van der Waals surface area contributed by atoms with Crippen molar-refractivity contribution in [1.82, 2.24) is 0 Å². The number of benzene rings is 1. The third-order valence-electron chi connectivity index (χ3n) is 1.85. The van der Waals surface area contributed by atoms with Crippen LogP contribution in [-0.2, 0) is 5.75 Å². The second-order valence-electron chi connectivity index (χ2n) is 3.14. The Kier molecular flexibility index (Phi) is 5.10. The first kappa shape index (κ1) is 14.5. The summed E-state index contributed by atoms with van der Waals surface area (Å²) in [5.74, 6) is 0.170. The van der Waals surface area contributed by atoms with Crippen LogP contribution in [0.4, 0.5) is 5.69 Å². The molecule has 0 aromatic heterocycles. The molecule has 1 aromatic carbocycles. The van der Waals surface area contributed by atoms with Crippen molar-refractivity contribution < 1.29 is 4.92 Å². The van der Waals surface area contributed by atoms with Gasteiger partial charge >= 0.3 is 0 Å². The first-order valence-corrected chi connectivity index (χ1v) is 6.42. The van der Waals surface area contributed by atoms with E-state index in [0.29, 0.717) is 15.8 Å². The Hall–Kier alpha value is -1.61. The third kappa shape index (κ3) is 4.00. The van der Waals surface area contributed by atoms with Gasteiger partial charge in [-0.3, -0.25) is 15.5 Å². The summed E-state index contributed by atoms with van der Waals surface area (Å²) < 4.78 is 0.403. The highest BCUT2D eigenvalue weighted by molar-refractivity contribution is 9.10. The molecule has 1 rings (SSSR count). The van der Waals surface area contributed by atoms with Gasteiger partial charge in [-0.15, -0.1) is 0 Å². The number of aliphatic imine (C=N–C) groups is 1. The zero-order chi connectivity index (χ0) is 13.7. The van der Waals surface area contributed by atoms with Crippen LogP contribution >= 0.6 is 27.7 Å². The van der Waals surface area contributed by atoms with Crippen LogP contribution in [0, 0.1) is 15.5 Å². The van der Waals surface area contributed by atoms with Gasteiger partial charge in [0.05, 0.1) is 9.40 Å². The van der Waals surface area contributed by atoms with E-state index in [4.69, 9.17) is 16.9 Å².